The molecule has 3 rings (SSSR count). The van der Waals surface area contributed by atoms with E-state index in [1.807, 2.05) is 26.0 Å². The van der Waals surface area contributed by atoms with Crippen LogP contribution in [0.2, 0.25) is 5.02 Å². The van der Waals surface area contributed by atoms with Crippen molar-refractivity contribution in [3.8, 4) is 0 Å². The fourth-order valence-electron chi connectivity index (χ4n) is 2.63. The highest BCUT2D eigenvalue weighted by molar-refractivity contribution is 7.99. The molecule has 1 N–H and O–H groups in total. The van der Waals surface area contributed by atoms with Crippen molar-refractivity contribution in [1.29, 1.82) is 0 Å². The van der Waals surface area contributed by atoms with E-state index in [0.29, 0.717) is 22.0 Å². The second-order valence-corrected chi connectivity index (χ2v) is 10.5. The van der Waals surface area contributed by atoms with Crippen LogP contribution in [0.1, 0.15) is 19.9 Å². The van der Waals surface area contributed by atoms with E-state index in [-0.39, 0.29) is 15.8 Å². The normalized spacial score (nSPS) is 12.1. The van der Waals surface area contributed by atoms with Gasteiger partial charge in [0.05, 0.1) is 15.1 Å². The first kappa shape index (κ1) is 20.4. The van der Waals surface area contributed by atoms with Gasteiger partial charge in [-0.1, -0.05) is 22.9 Å². The molecular formula is C18H19ClN2O3S3. The summed E-state index contributed by atoms with van der Waals surface area (Å²) < 4.78 is 30.0. The summed E-state index contributed by atoms with van der Waals surface area (Å²) in [6.45, 7) is 4.16. The van der Waals surface area contributed by atoms with E-state index >= 15 is 0 Å². The molecule has 2 aromatic carbocycles. The highest BCUT2D eigenvalue weighted by Crippen LogP contribution is 2.24. The topological polar surface area (TPSA) is 68.2 Å². The van der Waals surface area contributed by atoms with Gasteiger partial charge >= 0.3 is 4.87 Å². The fraction of sp³-hybridized carbons (Fsp3) is 0.278. The van der Waals surface area contributed by atoms with Crippen LogP contribution in [0.5, 0.6) is 0 Å². The van der Waals surface area contributed by atoms with E-state index in [1.165, 1.54) is 0 Å². The van der Waals surface area contributed by atoms with E-state index in [9.17, 15) is 13.2 Å². The first-order valence-electron chi connectivity index (χ1n) is 8.31. The molecule has 0 aliphatic rings. The van der Waals surface area contributed by atoms with Gasteiger partial charge in [0.1, 0.15) is 0 Å². The summed E-state index contributed by atoms with van der Waals surface area (Å²) in [6, 6.07) is 12.2. The number of benzene rings is 2. The quantitative estimate of drug-likeness (QED) is 0.435. The molecule has 0 saturated heterocycles. The number of hydrogen-bond donors (Lipinski definition) is 1. The lowest BCUT2D eigenvalue weighted by molar-refractivity contribution is 0.584. The van der Waals surface area contributed by atoms with E-state index in [1.54, 1.807) is 46.7 Å². The van der Waals surface area contributed by atoms with Crippen LogP contribution in [0.25, 0.3) is 10.2 Å². The van der Waals surface area contributed by atoms with Gasteiger partial charge in [-0.2, -0.15) is 0 Å². The lowest BCUT2D eigenvalue weighted by Gasteiger charge is -2.09. The Morgan fingerprint density at radius 2 is 1.89 bits per heavy atom. The molecular weight excluding hydrogens is 424 g/mol. The number of halogens is 1. The molecule has 0 radical (unpaired) electrons. The highest BCUT2D eigenvalue weighted by atomic mass is 35.5. The molecule has 0 aliphatic heterocycles. The molecule has 144 valence electrons. The number of thioether (sulfide) groups is 1. The molecule has 0 bridgehead atoms. The van der Waals surface area contributed by atoms with Gasteiger partial charge in [0.25, 0.3) is 0 Å². The van der Waals surface area contributed by atoms with Crippen LogP contribution in [0, 0.1) is 0 Å². The summed E-state index contributed by atoms with van der Waals surface area (Å²) in [4.78, 5) is 13.2. The minimum atomic E-state index is -3.63. The first-order valence-corrected chi connectivity index (χ1v) is 12.0. The maximum atomic E-state index is 12.5. The Kier molecular flexibility index (Phi) is 6.32. The maximum Gasteiger partial charge on any atom is 0.308 e. The Hall–Kier alpha value is -1.32. The molecule has 0 atom stereocenters. The molecule has 0 fully saturated rings. The highest BCUT2D eigenvalue weighted by Gasteiger charge is 2.17. The zero-order valence-corrected chi connectivity index (χ0v) is 18.0. The van der Waals surface area contributed by atoms with Gasteiger partial charge in [0.2, 0.25) is 10.0 Å². The summed E-state index contributed by atoms with van der Waals surface area (Å²) in [5, 5.41) is 0.670. The average molecular weight is 443 g/mol. The standard InChI is InChI=1S/C18H19ClN2O3S3/c1-12(2)21-16-8-7-15(11-17(16)26-18(21)22)27(23,24)20-9-10-25-14-5-3-13(19)4-6-14/h3-8,11-12,20H,9-10H2,1-2H3. The number of hydrogen-bond acceptors (Lipinski definition) is 5. The van der Waals surface area contributed by atoms with Crippen molar-refractivity contribution >= 4 is 54.9 Å². The van der Waals surface area contributed by atoms with Gasteiger partial charge in [-0.15, -0.1) is 11.8 Å². The molecule has 1 heterocycles. The molecule has 0 saturated carbocycles. The van der Waals surface area contributed by atoms with Gasteiger partial charge in [0.15, 0.2) is 0 Å². The molecule has 0 aliphatic carbocycles. The van der Waals surface area contributed by atoms with Crippen molar-refractivity contribution in [3.05, 3.63) is 57.2 Å². The number of thiazole rings is 1. The summed E-state index contributed by atoms with van der Waals surface area (Å²) in [6.07, 6.45) is 0. The minimum Gasteiger partial charge on any atom is -0.296 e. The van der Waals surface area contributed by atoms with Gasteiger partial charge < -0.3 is 0 Å². The molecule has 1 aromatic heterocycles. The number of aromatic nitrogens is 1. The summed E-state index contributed by atoms with van der Waals surface area (Å²) in [7, 11) is -3.63. The molecule has 3 aromatic rings. The minimum absolute atomic E-state index is 0.0247. The number of rotatable bonds is 7. The number of nitrogens with zero attached hydrogens (tertiary/aromatic N) is 1. The predicted molar refractivity (Wildman–Crippen MR) is 114 cm³/mol. The Morgan fingerprint density at radius 3 is 2.56 bits per heavy atom. The van der Waals surface area contributed by atoms with Crippen LogP contribution in [0.3, 0.4) is 0 Å². The zero-order chi connectivity index (χ0) is 19.6. The van der Waals surface area contributed by atoms with E-state index in [4.69, 9.17) is 11.6 Å². The van der Waals surface area contributed by atoms with E-state index in [2.05, 4.69) is 4.72 Å². The molecule has 0 amide bonds. The predicted octanol–water partition coefficient (Wildman–Crippen LogP) is 4.37. The van der Waals surface area contributed by atoms with Gasteiger partial charge in [-0.3, -0.25) is 9.36 Å². The van der Waals surface area contributed by atoms with E-state index < -0.39 is 10.0 Å². The van der Waals surface area contributed by atoms with Gasteiger partial charge in [-0.05, 0) is 56.3 Å². The van der Waals surface area contributed by atoms with Crippen LogP contribution in [0.15, 0.2) is 57.1 Å². The Labute approximate surface area is 171 Å². The van der Waals surface area contributed by atoms with Crippen molar-refractivity contribution in [3.63, 3.8) is 0 Å². The lowest BCUT2D eigenvalue weighted by Crippen LogP contribution is -2.26. The van der Waals surface area contributed by atoms with Gasteiger partial charge in [-0.25, -0.2) is 13.1 Å². The van der Waals surface area contributed by atoms with Crippen molar-refractivity contribution in [2.75, 3.05) is 12.3 Å². The summed E-state index contributed by atoms with van der Waals surface area (Å²) >= 11 is 8.46. The van der Waals surface area contributed by atoms with Crippen molar-refractivity contribution in [1.82, 2.24) is 9.29 Å². The van der Waals surface area contributed by atoms with Crippen LogP contribution in [-0.4, -0.2) is 25.3 Å². The summed E-state index contributed by atoms with van der Waals surface area (Å²) in [5.74, 6) is 0.597. The fourth-order valence-corrected chi connectivity index (χ4v) is 5.84. The van der Waals surface area contributed by atoms with Crippen molar-refractivity contribution < 1.29 is 8.42 Å². The monoisotopic (exact) mass is 442 g/mol. The second kappa shape index (κ2) is 8.36. The Morgan fingerprint density at radius 1 is 1.19 bits per heavy atom. The third-order valence-corrected chi connectivity index (χ3v) is 7.53. The van der Waals surface area contributed by atoms with Crippen molar-refractivity contribution in [2.24, 2.45) is 0 Å². The molecule has 0 unspecified atom stereocenters. The number of nitrogens with one attached hydrogen (secondary N) is 1. The third-order valence-electron chi connectivity index (χ3n) is 3.89. The summed E-state index contributed by atoms with van der Waals surface area (Å²) in [5.41, 5.74) is 0.761. The van der Waals surface area contributed by atoms with Crippen molar-refractivity contribution in [2.45, 2.75) is 29.7 Å². The SMILES string of the molecule is CC(C)n1c(=O)sc2cc(S(=O)(=O)NCCSc3ccc(Cl)cc3)ccc21. The first-order chi connectivity index (χ1) is 12.8. The zero-order valence-electron chi connectivity index (χ0n) is 14.8. The molecule has 9 heteroatoms. The molecule has 5 nitrogen and oxygen atoms in total. The van der Waals surface area contributed by atoms with Crippen LogP contribution >= 0.6 is 34.7 Å². The average Bonchev–Trinajstić information content (AvgIpc) is 2.95. The van der Waals surface area contributed by atoms with E-state index in [0.717, 1.165) is 21.7 Å². The van der Waals surface area contributed by atoms with Crippen LogP contribution in [0.4, 0.5) is 0 Å². The van der Waals surface area contributed by atoms with Gasteiger partial charge in [0, 0.05) is 28.3 Å². The Bertz CT molecular complexity index is 1100. The van der Waals surface area contributed by atoms with Crippen LogP contribution in [-0.2, 0) is 10.0 Å². The molecule has 0 spiro atoms. The lowest BCUT2D eigenvalue weighted by atomic mass is 10.3. The number of fused-ring (bicyclic) bond motifs is 1. The largest absolute Gasteiger partial charge is 0.308 e. The van der Waals surface area contributed by atoms with Crippen LogP contribution < -0.4 is 9.60 Å². The molecule has 27 heavy (non-hydrogen) atoms. The Balaban J connectivity index is 1.69. The second-order valence-electron chi connectivity index (χ2n) is 6.16. The smallest absolute Gasteiger partial charge is 0.296 e. The third kappa shape index (κ3) is 4.75. The maximum absolute atomic E-state index is 12.5. The number of sulfonamides is 1.